The van der Waals surface area contributed by atoms with Gasteiger partial charge in [0.25, 0.3) is 5.69 Å². The van der Waals surface area contributed by atoms with Gasteiger partial charge in [-0.25, -0.2) is 0 Å². The van der Waals surface area contributed by atoms with Gasteiger partial charge in [0.15, 0.2) is 0 Å². The summed E-state index contributed by atoms with van der Waals surface area (Å²) in [6.45, 7) is 1.75. The number of hydrogen-bond donors (Lipinski definition) is 1. The average Bonchev–Trinajstić information content (AvgIpc) is 2.39. The molecule has 0 saturated heterocycles. The van der Waals surface area contributed by atoms with Gasteiger partial charge in [-0.15, -0.1) is 0 Å². The van der Waals surface area contributed by atoms with Crippen molar-refractivity contribution in [3.63, 3.8) is 0 Å². The van der Waals surface area contributed by atoms with Crippen molar-refractivity contribution in [3.8, 4) is 0 Å². The Labute approximate surface area is 112 Å². The van der Waals surface area contributed by atoms with Gasteiger partial charge in [-0.1, -0.05) is 17.6 Å². The maximum absolute atomic E-state index is 10.8. The molecule has 0 heterocycles. The molecule has 2 rings (SSSR count). The molecule has 5 nitrogen and oxygen atoms in total. The number of hydrogen-bond acceptors (Lipinski definition) is 4. The first-order chi connectivity index (χ1) is 9.11. The van der Waals surface area contributed by atoms with E-state index in [0.29, 0.717) is 5.56 Å². The smallest absolute Gasteiger partial charge is 0.272 e. The Balaban J connectivity index is 2.15. The lowest BCUT2D eigenvalue weighted by molar-refractivity contribution is -0.385. The minimum atomic E-state index is -0.361. The Kier molecular flexibility index (Phi) is 4.14. The van der Waals surface area contributed by atoms with Crippen LogP contribution in [0.25, 0.3) is 0 Å². The van der Waals surface area contributed by atoms with Crippen LogP contribution in [-0.4, -0.2) is 15.8 Å². The monoisotopic (exact) mass is 262 g/mol. The lowest BCUT2D eigenvalue weighted by atomic mass is 9.83. The van der Waals surface area contributed by atoms with Crippen molar-refractivity contribution in [2.75, 3.05) is 0 Å². The zero-order valence-corrected chi connectivity index (χ0v) is 11.0. The van der Waals surface area contributed by atoms with Crippen molar-refractivity contribution in [2.45, 2.75) is 39.0 Å². The van der Waals surface area contributed by atoms with Crippen molar-refractivity contribution in [1.82, 2.24) is 0 Å². The largest absolute Gasteiger partial charge is 0.411 e. The Hall–Kier alpha value is -1.91. The van der Waals surface area contributed by atoms with Crippen molar-refractivity contribution in [2.24, 2.45) is 11.1 Å². The number of oxime groups is 1. The molecule has 19 heavy (non-hydrogen) atoms. The molecule has 5 heteroatoms. The molecule has 1 aliphatic rings. The van der Waals surface area contributed by atoms with Crippen LogP contribution in [-0.2, 0) is 6.42 Å². The molecule has 1 saturated carbocycles. The summed E-state index contributed by atoms with van der Waals surface area (Å²) in [6.07, 6.45) is 4.89. The molecule has 1 fully saturated rings. The van der Waals surface area contributed by atoms with Crippen LogP contribution in [0.15, 0.2) is 23.4 Å². The Bertz CT molecular complexity index is 511. The fraction of sp³-hybridized carbons (Fsp3) is 0.500. The van der Waals surface area contributed by atoms with Crippen molar-refractivity contribution in [3.05, 3.63) is 39.4 Å². The van der Waals surface area contributed by atoms with Crippen LogP contribution >= 0.6 is 0 Å². The van der Waals surface area contributed by atoms with Crippen LogP contribution in [0, 0.1) is 23.0 Å². The molecule has 0 amide bonds. The van der Waals surface area contributed by atoms with Gasteiger partial charge in [0, 0.05) is 17.5 Å². The number of nitro benzene ring substituents is 1. The standard InChI is InChI=1S/C14H18N2O3/c1-10-8-11(6-7-14(10)16(18)19)9-12-4-2-3-5-13(12)15-17/h6-8,12,17H,2-5,9H2,1H3/b15-13-. The second-order valence-corrected chi connectivity index (χ2v) is 5.12. The summed E-state index contributed by atoms with van der Waals surface area (Å²) in [5.74, 6) is 0.264. The van der Waals surface area contributed by atoms with Crippen molar-refractivity contribution >= 4 is 11.4 Å². The van der Waals surface area contributed by atoms with Crippen LogP contribution in [0.1, 0.15) is 36.8 Å². The zero-order valence-electron chi connectivity index (χ0n) is 11.0. The van der Waals surface area contributed by atoms with Gasteiger partial charge in [-0.2, -0.15) is 0 Å². The highest BCUT2D eigenvalue weighted by atomic mass is 16.6. The second kappa shape index (κ2) is 5.82. The first-order valence-electron chi connectivity index (χ1n) is 6.56. The predicted octanol–water partition coefficient (Wildman–Crippen LogP) is 3.47. The van der Waals surface area contributed by atoms with Gasteiger partial charge in [0.05, 0.1) is 10.6 Å². The molecule has 1 aromatic rings. The van der Waals surface area contributed by atoms with Crippen molar-refractivity contribution in [1.29, 1.82) is 0 Å². The average molecular weight is 262 g/mol. The number of benzene rings is 1. The number of nitro groups is 1. The van der Waals surface area contributed by atoms with Crippen LogP contribution in [0.5, 0.6) is 0 Å². The van der Waals surface area contributed by atoms with Gasteiger partial charge in [-0.05, 0) is 44.2 Å². The third kappa shape index (κ3) is 3.10. The van der Waals surface area contributed by atoms with E-state index in [0.717, 1.165) is 43.4 Å². The van der Waals surface area contributed by atoms with Gasteiger partial charge in [0.1, 0.15) is 0 Å². The predicted molar refractivity (Wildman–Crippen MR) is 72.7 cm³/mol. The molecule has 1 N–H and O–H groups in total. The summed E-state index contributed by atoms with van der Waals surface area (Å²) in [4.78, 5) is 10.4. The third-order valence-corrected chi connectivity index (χ3v) is 3.78. The van der Waals surface area contributed by atoms with E-state index in [4.69, 9.17) is 5.21 Å². The quantitative estimate of drug-likeness (QED) is 0.515. The molecular weight excluding hydrogens is 244 g/mol. The second-order valence-electron chi connectivity index (χ2n) is 5.12. The molecule has 0 bridgehead atoms. The molecule has 0 spiro atoms. The molecule has 1 aliphatic carbocycles. The molecule has 1 aromatic carbocycles. The fourth-order valence-electron chi connectivity index (χ4n) is 2.75. The first-order valence-corrected chi connectivity index (χ1v) is 6.56. The van der Waals surface area contributed by atoms with E-state index < -0.39 is 0 Å². The Morgan fingerprint density at radius 2 is 2.26 bits per heavy atom. The fourth-order valence-corrected chi connectivity index (χ4v) is 2.75. The number of aryl methyl sites for hydroxylation is 1. The zero-order chi connectivity index (χ0) is 13.8. The van der Waals surface area contributed by atoms with Crippen LogP contribution in [0.3, 0.4) is 0 Å². The summed E-state index contributed by atoms with van der Waals surface area (Å²) in [5.41, 5.74) is 2.77. The number of rotatable bonds is 3. The van der Waals surface area contributed by atoms with E-state index >= 15 is 0 Å². The van der Waals surface area contributed by atoms with Gasteiger partial charge < -0.3 is 5.21 Å². The van der Waals surface area contributed by atoms with Gasteiger partial charge in [-0.3, -0.25) is 10.1 Å². The maximum Gasteiger partial charge on any atom is 0.272 e. The molecule has 0 aliphatic heterocycles. The first kappa shape index (κ1) is 13.5. The van der Waals surface area contributed by atoms with Crippen LogP contribution < -0.4 is 0 Å². The van der Waals surface area contributed by atoms with Crippen molar-refractivity contribution < 1.29 is 10.1 Å². The molecule has 0 radical (unpaired) electrons. The molecular formula is C14H18N2O3. The minimum absolute atomic E-state index is 0.156. The topological polar surface area (TPSA) is 75.7 Å². The highest BCUT2D eigenvalue weighted by Crippen LogP contribution is 2.27. The van der Waals surface area contributed by atoms with Gasteiger partial charge >= 0.3 is 0 Å². The van der Waals surface area contributed by atoms with E-state index in [1.807, 2.05) is 6.07 Å². The van der Waals surface area contributed by atoms with Gasteiger partial charge in [0.2, 0.25) is 0 Å². The van der Waals surface area contributed by atoms with Crippen LogP contribution in [0.2, 0.25) is 0 Å². The number of nitrogens with zero attached hydrogens (tertiary/aromatic N) is 2. The molecule has 102 valence electrons. The maximum atomic E-state index is 10.8. The van der Waals surface area contributed by atoms with E-state index in [2.05, 4.69) is 5.16 Å². The highest BCUT2D eigenvalue weighted by molar-refractivity contribution is 5.87. The molecule has 1 unspecified atom stereocenters. The Morgan fingerprint density at radius 1 is 1.47 bits per heavy atom. The molecule has 1 atom stereocenters. The summed E-state index contributed by atoms with van der Waals surface area (Å²) in [7, 11) is 0. The normalized spacial score (nSPS) is 21.5. The third-order valence-electron chi connectivity index (χ3n) is 3.78. The Morgan fingerprint density at radius 3 is 2.89 bits per heavy atom. The summed E-state index contributed by atoms with van der Waals surface area (Å²) in [5, 5.41) is 23.2. The minimum Gasteiger partial charge on any atom is -0.411 e. The highest BCUT2D eigenvalue weighted by Gasteiger charge is 2.22. The lowest BCUT2D eigenvalue weighted by Crippen LogP contribution is -2.21. The van der Waals surface area contributed by atoms with E-state index in [1.165, 1.54) is 0 Å². The van der Waals surface area contributed by atoms with E-state index in [1.54, 1.807) is 19.1 Å². The SMILES string of the molecule is Cc1cc(CC2CCCC/C2=N/O)ccc1[N+](=O)[O-]. The van der Waals surface area contributed by atoms with E-state index in [9.17, 15) is 10.1 Å². The van der Waals surface area contributed by atoms with E-state index in [-0.39, 0.29) is 16.5 Å². The summed E-state index contributed by atoms with van der Waals surface area (Å²) in [6, 6.07) is 5.22. The summed E-state index contributed by atoms with van der Waals surface area (Å²) >= 11 is 0. The van der Waals surface area contributed by atoms with Crippen LogP contribution in [0.4, 0.5) is 5.69 Å². The summed E-state index contributed by atoms with van der Waals surface area (Å²) < 4.78 is 0. The molecule has 0 aromatic heterocycles. The lowest BCUT2D eigenvalue weighted by Gasteiger charge is -2.23.